The summed E-state index contributed by atoms with van der Waals surface area (Å²) >= 11 is 0. The number of carbonyl (C=O) groups excluding carboxylic acids is 4. The predicted molar refractivity (Wildman–Crippen MR) is 174 cm³/mol. The SMILES string of the molecule is C=C1C(=O)O[C@@H]2[C@@H]1CC/C(CNC(=O)c1cccc(C(=O)NC/C3=C/CC[C@@]4(C)O[C@H]4[C@H]4OC(=O)C(=C)[C@@H]4CC3)n1)=C\CC[C@]1(C)O[C@H]21. The van der Waals surface area contributed by atoms with E-state index in [2.05, 4.69) is 40.9 Å². The van der Waals surface area contributed by atoms with Gasteiger partial charge in [-0.05, 0) is 77.3 Å². The molecule has 5 heterocycles. The molecule has 1 aromatic heterocycles. The zero-order valence-corrected chi connectivity index (χ0v) is 27.5. The highest BCUT2D eigenvalue weighted by atomic mass is 16.7. The highest BCUT2D eigenvalue weighted by Gasteiger charge is 2.62. The van der Waals surface area contributed by atoms with Crippen LogP contribution in [0, 0.1) is 11.8 Å². The average Bonchev–Trinajstić information content (AvgIpc) is 3.88. The number of nitrogens with zero attached hydrogens (tertiary/aromatic N) is 1. The maximum atomic E-state index is 13.2. The summed E-state index contributed by atoms with van der Waals surface area (Å²) in [6.45, 7) is 12.7. The van der Waals surface area contributed by atoms with E-state index in [0.717, 1.165) is 36.8 Å². The smallest absolute Gasteiger partial charge is 0.334 e. The Kier molecular flexibility index (Phi) is 8.40. The van der Waals surface area contributed by atoms with Crippen LogP contribution < -0.4 is 10.6 Å². The molecule has 0 radical (unpaired) electrons. The van der Waals surface area contributed by atoms with Gasteiger partial charge in [-0.15, -0.1) is 0 Å². The van der Waals surface area contributed by atoms with Crippen molar-refractivity contribution < 1.29 is 38.1 Å². The van der Waals surface area contributed by atoms with Crippen molar-refractivity contribution >= 4 is 23.8 Å². The van der Waals surface area contributed by atoms with Crippen LogP contribution in [0.3, 0.4) is 0 Å². The number of epoxide rings is 2. The van der Waals surface area contributed by atoms with E-state index in [1.165, 1.54) is 0 Å². The first-order chi connectivity index (χ1) is 23.0. The largest absolute Gasteiger partial charge is 0.455 e. The number of ether oxygens (including phenoxy) is 4. The fourth-order valence-electron chi connectivity index (χ4n) is 7.82. The van der Waals surface area contributed by atoms with Crippen molar-refractivity contribution in [3.63, 3.8) is 0 Å². The highest BCUT2D eigenvalue weighted by Crippen LogP contribution is 2.51. The van der Waals surface area contributed by atoms with Crippen LogP contribution in [0.15, 0.2) is 65.8 Å². The number of rotatable bonds is 6. The lowest BCUT2D eigenvalue weighted by Gasteiger charge is -2.20. The Labute approximate surface area is 280 Å². The molecular formula is C37H43N3O8. The molecular weight excluding hydrogens is 614 g/mol. The van der Waals surface area contributed by atoms with Crippen molar-refractivity contribution in [3.8, 4) is 0 Å². The molecule has 0 bridgehead atoms. The first-order valence-electron chi connectivity index (χ1n) is 17.0. The van der Waals surface area contributed by atoms with Crippen LogP contribution in [0.5, 0.6) is 0 Å². The van der Waals surface area contributed by atoms with Gasteiger partial charge in [-0.1, -0.05) is 42.5 Å². The Morgan fingerprint density at radius 3 is 1.67 bits per heavy atom. The van der Waals surface area contributed by atoms with E-state index in [1.807, 2.05) is 13.8 Å². The molecule has 4 fully saturated rings. The first-order valence-corrected chi connectivity index (χ1v) is 17.0. The summed E-state index contributed by atoms with van der Waals surface area (Å²) in [7, 11) is 0. The van der Waals surface area contributed by atoms with Gasteiger partial charge in [0, 0.05) is 36.1 Å². The Balaban J connectivity index is 0.946. The molecule has 6 aliphatic rings. The van der Waals surface area contributed by atoms with Crippen molar-refractivity contribution in [2.45, 2.75) is 101 Å². The number of hydrogen-bond donors (Lipinski definition) is 2. The van der Waals surface area contributed by atoms with Crippen LogP contribution in [0.4, 0.5) is 0 Å². The quantitative estimate of drug-likeness (QED) is 0.200. The minimum absolute atomic E-state index is 0.107. The number of esters is 2. The van der Waals surface area contributed by atoms with Gasteiger partial charge in [0.25, 0.3) is 11.8 Å². The minimum Gasteiger partial charge on any atom is -0.455 e. The molecule has 2 aliphatic carbocycles. The lowest BCUT2D eigenvalue weighted by molar-refractivity contribution is -0.140. The molecule has 2 N–H and O–H groups in total. The monoisotopic (exact) mass is 657 g/mol. The molecule has 0 saturated carbocycles. The fourth-order valence-corrected chi connectivity index (χ4v) is 7.82. The van der Waals surface area contributed by atoms with Crippen LogP contribution in [0.25, 0.3) is 0 Å². The Morgan fingerprint density at radius 2 is 1.23 bits per heavy atom. The third kappa shape index (κ3) is 6.25. The first kappa shape index (κ1) is 32.5. The summed E-state index contributed by atoms with van der Waals surface area (Å²) in [6, 6.07) is 4.82. The van der Waals surface area contributed by atoms with Gasteiger partial charge < -0.3 is 29.6 Å². The summed E-state index contributed by atoms with van der Waals surface area (Å²) < 4.78 is 23.2. The Bertz CT molecular complexity index is 1530. The molecule has 0 spiro atoms. The van der Waals surface area contributed by atoms with Crippen LogP contribution >= 0.6 is 0 Å². The van der Waals surface area contributed by atoms with Gasteiger partial charge in [-0.2, -0.15) is 0 Å². The second kappa shape index (κ2) is 12.4. The second-order valence-electron chi connectivity index (χ2n) is 14.4. The molecule has 0 unspecified atom stereocenters. The molecule has 11 heteroatoms. The number of allylic oxidation sites excluding steroid dienone is 2. The summed E-state index contributed by atoms with van der Waals surface area (Å²) in [5.74, 6) is -1.71. The van der Waals surface area contributed by atoms with E-state index in [9.17, 15) is 19.2 Å². The van der Waals surface area contributed by atoms with Crippen LogP contribution in [-0.2, 0) is 28.5 Å². The maximum Gasteiger partial charge on any atom is 0.334 e. The summed E-state index contributed by atoms with van der Waals surface area (Å²) in [5, 5.41) is 5.92. The lowest BCUT2D eigenvalue weighted by Crippen LogP contribution is -2.31. The van der Waals surface area contributed by atoms with E-state index < -0.39 is 0 Å². The standard InChI is InChI=1S/C37H43N3O8/c1-20-24-14-12-22(8-6-16-36(3)30(47-36)28(24)45-34(20)43)18-38-32(41)26-10-5-11-27(40-26)33(42)39-19-23-9-7-17-37(4)31(48-37)29-25(15-13-23)21(2)35(44)46-29/h5,8-11,24-25,28-31H,1-2,6-7,12-19H2,3-4H3,(H,38,41)(H,39,42)/b22-8+,23-9+/t24-,25+,28-,29+,30-,31+,36+,37-. The average molecular weight is 658 g/mol. The van der Waals surface area contributed by atoms with E-state index >= 15 is 0 Å². The summed E-state index contributed by atoms with van der Waals surface area (Å²) in [4.78, 5) is 55.3. The van der Waals surface area contributed by atoms with E-state index in [0.29, 0.717) is 49.9 Å². The Morgan fingerprint density at radius 1 is 0.792 bits per heavy atom. The number of hydrogen-bond acceptors (Lipinski definition) is 9. The van der Waals surface area contributed by atoms with Crippen molar-refractivity contribution in [1.82, 2.24) is 15.6 Å². The van der Waals surface area contributed by atoms with E-state index in [4.69, 9.17) is 18.9 Å². The highest BCUT2D eigenvalue weighted by molar-refractivity contribution is 5.96. The fraction of sp³-hybridized carbons (Fsp3) is 0.541. The molecule has 4 aliphatic heterocycles. The second-order valence-corrected chi connectivity index (χ2v) is 14.4. The molecule has 0 aromatic carbocycles. The number of carbonyl (C=O) groups is 4. The van der Waals surface area contributed by atoms with Crippen molar-refractivity contribution in [2.24, 2.45) is 11.8 Å². The van der Waals surface area contributed by atoms with Gasteiger partial charge in [0.2, 0.25) is 0 Å². The van der Waals surface area contributed by atoms with Crippen molar-refractivity contribution in [1.29, 1.82) is 0 Å². The Hall–Kier alpha value is -4.09. The van der Waals surface area contributed by atoms with Gasteiger partial charge >= 0.3 is 11.9 Å². The number of nitrogens with one attached hydrogen (secondary N) is 2. The zero-order chi connectivity index (χ0) is 33.8. The van der Waals surface area contributed by atoms with Crippen LogP contribution in [0.1, 0.15) is 86.2 Å². The third-order valence-electron chi connectivity index (χ3n) is 11.0. The number of aromatic nitrogens is 1. The normalized spacial score (nSPS) is 37.9. The van der Waals surface area contributed by atoms with Gasteiger partial charge in [0.15, 0.2) is 0 Å². The number of amides is 2. The molecule has 4 saturated heterocycles. The minimum atomic E-state index is -0.380. The van der Waals surface area contributed by atoms with Crippen LogP contribution in [-0.4, -0.2) is 77.4 Å². The van der Waals surface area contributed by atoms with E-state index in [-0.39, 0.29) is 82.6 Å². The molecule has 48 heavy (non-hydrogen) atoms. The number of fused-ring (bicyclic) bond motifs is 6. The summed E-state index contributed by atoms with van der Waals surface area (Å²) in [5.41, 5.74) is 2.70. The predicted octanol–water partition coefficient (Wildman–Crippen LogP) is 4.05. The molecule has 2 amide bonds. The lowest BCUT2D eigenvalue weighted by atomic mass is 9.84. The van der Waals surface area contributed by atoms with Crippen LogP contribution in [0.2, 0.25) is 0 Å². The zero-order valence-electron chi connectivity index (χ0n) is 27.5. The molecule has 11 nitrogen and oxygen atoms in total. The molecule has 7 rings (SSSR count). The maximum absolute atomic E-state index is 13.2. The molecule has 1 aromatic rings. The van der Waals surface area contributed by atoms with Crippen molar-refractivity contribution in [3.05, 3.63) is 77.2 Å². The van der Waals surface area contributed by atoms with Gasteiger partial charge in [-0.25, -0.2) is 14.6 Å². The third-order valence-corrected chi connectivity index (χ3v) is 11.0. The van der Waals surface area contributed by atoms with Gasteiger partial charge in [-0.3, -0.25) is 9.59 Å². The summed E-state index contributed by atoms with van der Waals surface area (Å²) in [6.07, 6.45) is 9.28. The van der Waals surface area contributed by atoms with Gasteiger partial charge in [0.05, 0.1) is 11.2 Å². The van der Waals surface area contributed by atoms with Gasteiger partial charge in [0.1, 0.15) is 35.8 Å². The topological polar surface area (TPSA) is 149 Å². The number of pyridine rings is 1. The van der Waals surface area contributed by atoms with E-state index in [1.54, 1.807) is 18.2 Å². The van der Waals surface area contributed by atoms with Crippen molar-refractivity contribution in [2.75, 3.05) is 13.1 Å². The molecule has 8 atom stereocenters. The molecule has 254 valence electrons.